The molecule has 0 radical (unpaired) electrons. The molecule has 0 bridgehead atoms. The van der Waals surface area contributed by atoms with Gasteiger partial charge < -0.3 is 18.6 Å². The molecule has 5 nitrogen and oxygen atoms in total. The van der Waals surface area contributed by atoms with Gasteiger partial charge in [0.1, 0.15) is 47.2 Å². The van der Waals surface area contributed by atoms with Crippen molar-refractivity contribution < 1.29 is 18.6 Å². The number of aryl methyl sites for hydroxylation is 1. The molecule has 0 amide bonds. The molecule has 0 aliphatic carbocycles. The third kappa shape index (κ3) is 4.96. The topological polar surface area (TPSA) is 57.9 Å². The van der Waals surface area contributed by atoms with Crippen molar-refractivity contribution >= 4 is 11.0 Å². The molecule has 5 rings (SSSR count). The lowest BCUT2D eigenvalue weighted by atomic mass is 10.1. The van der Waals surface area contributed by atoms with Crippen molar-refractivity contribution in [2.24, 2.45) is 0 Å². The molecule has 0 N–H and O–H groups in total. The lowest BCUT2D eigenvalue weighted by Gasteiger charge is -2.16. The van der Waals surface area contributed by atoms with E-state index in [2.05, 4.69) is 0 Å². The third-order valence-corrected chi connectivity index (χ3v) is 6.02. The Hall–Kier alpha value is -4.51. The molecule has 0 unspecified atom stereocenters. The largest absolute Gasteiger partial charge is 0.497 e. The molecule has 0 aliphatic heterocycles. The van der Waals surface area contributed by atoms with Gasteiger partial charge in [-0.15, -0.1) is 0 Å². The Kier molecular flexibility index (Phi) is 6.72. The molecule has 180 valence electrons. The summed E-state index contributed by atoms with van der Waals surface area (Å²) in [7, 11) is 1.61. The SMILES string of the molecule is COc1ccc(-c2cc(=O)c3c(OCc4ccccc4)cc(OCc4ccccc4)c(C)c3o2)cc1. The van der Waals surface area contributed by atoms with Crippen LogP contribution < -0.4 is 19.6 Å². The molecule has 0 saturated heterocycles. The van der Waals surface area contributed by atoms with Gasteiger partial charge in [-0.1, -0.05) is 60.7 Å². The maximum absolute atomic E-state index is 13.4. The average Bonchev–Trinajstić information content (AvgIpc) is 2.93. The van der Waals surface area contributed by atoms with Gasteiger partial charge in [-0.05, 0) is 42.3 Å². The van der Waals surface area contributed by atoms with Gasteiger partial charge in [0.05, 0.1) is 7.11 Å². The van der Waals surface area contributed by atoms with Crippen LogP contribution in [0.15, 0.2) is 106 Å². The summed E-state index contributed by atoms with van der Waals surface area (Å²) in [6.07, 6.45) is 0. The highest BCUT2D eigenvalue weighted by molar-refractivity contribution is 5.89. The Morgan fingerprint density at radius 2 is 1.31 bits per heavy atom. The predicted molar refractivity (Wildman–Crippen MR) is 141 cm³/mol. The second-order valence-electron chi connectivity index (χ2n) is 8.45. The van der Waals surface area contributed by atoms with Crippen molar-refractivity contribution in [1.29, 1.82) is 0 Å². The first-order valence-electron chi connectivity index (χ1n) is 11.7. The standard InChI is InChI=1S/C31H26O5/c1-21-27(34-19-22-9-5-3-6-10-22)18-29(35-20-23-11-7-4-8-12-23)30-26(32)17-28(36-31(21)30)24-13-15-25(33-2)16-14-24/h3-18H,19-20H2,1-2H3. The van der Waals surface area contributed by atoms with Crippen LogP contribution in [-0.2, 0) is 13.2 Å². The Morgan fingerprint density at radius 1 is 0.722 bits per heavy atom. The van der Waals surface area contributed by atoms with Crippen molar-refractivity contribution in [1.82, 2.24) is 0 Å². The maximum Gasteiger partial charge on any atom is 0.197 e. The molecule has 0 saturated carbocycles. The Balaban J connectivity index is 1.59. The Bertz CT molecular complexity index is 1520. The number of hydrogen-bond donors (Lipinski definition) is 0. The highest BCUT2D eigenvalue weighted by Gasteiger charge is 2.19. The zero-order valence-electron chi connectivity index (χ0n) is 20.2. The zero-order chi connectivity index (χ0) is 24.9. The van der Waals surface area contributed by atoms with E-state index >= 15 is 0 Å². The van der Waals surface area contributed by atoms with Gasteiger partial charge in [-0.3, -0.25) is 4.79 Å². The normalized spacial score (nSPS) is 10.8. The Labute approximate surface area is 209 Å². The fourth-order valence-corrected chi connectivity index (χ4v) is 4.03. The van der Waals surface area contributed by atoms with Gasteiger partial charge in [0.25, 0.3) is 0 Å². The third-order valence-electron chi connectivity index (χ3n) is 6.02. The summed E-state index contributed by atoms with van der Waals surface area (Å²) in [5, 5.41) is 0.396. The van der Waals surface area contributed by atoms with Crippen LogP contribution >= 0.6 is 0 Å². The number of rotatable bonds is 8. The van der Waals surface area contributed by atoms with Crippen molar-refractivity contribution in [2.45, 2.75) is 20.1 Å². The molecule has 36 heavy (non-hydrogen) atoms. The molecule has 1 aromatic heterocycles. The first-order valence-corrected chi connectivity index (χ1v) is 11.7. The fourth-order valence-electron chi connectivity index (χ4n) is 4.03. The lowest BCUT2D eigenvalue weighted by molar-refractivity contribution is 0.290. The number of methoxy groups -OCH3 is 1. The summed E-state index contributed by atoms with van der Waals surface area (Å²) in [5.74, 6) is 2.22. The highest BCUT2D eigenvalue weighted by Crippen LogP contribution is 2.37. The van der Waals surface area contributed by atoms with Crippen LogP contribution in [0.2, 0.25) is 0 Å². The van der Waals surface area contributed by atoms with Crippen molar-refractivity contribution in [3.63, 3.8) is 0 Å². The summed E-state index contributed by atoms with van der Waals surface area (Å²) >= 11 is 0. The molecule has 5 heteroatoms. The minimum Gasteiger partial charge on any atom is -0.497 e. The van der Waals surface area contributed by atoms with Crippen LogP contribution in [0.5, 0.6) is 17.2 Å². The summed E-state index contributed by atoms with van der Waals surface area (Å²) in [6, 6.07) is 30.4. The second kappa shape index (κ2) is 10.4. The van der Waals surface area contributed by atoms with E-state index in [4.69, 9.17) is 18.6 Å². The van der Waals surface area contributed by atoms with E-state index in [-0.39, 0.29) is 5.43 Å². The number of hydrogen-bond acceptors (Lipinski definition) is 5. The van der Waals surface area contributed by atoms with Crippen molar-refractivity contribution in [2.75, 3.05) is 7.11 Å². The van der Waals surface area contributed by atoms with Crippen LogP contribution in [-0.4, -0.2) is 7.11 Å². The Morgan fingerprint density at radius 3 is 1.89 bits per heavy atom. The van der Waals surface area contributed by atoms with E-state index in [1.165, 1.54) is 6.07 Å². The first kappa shape index (κ1) is 23.2. The summed E-state index contributed by atoms with van der Waals surface area (Å²) in [4.78, 5) is 13.4. The van der Waals surface area contributed by atoms with Gasteiger partial charge in [0, 0.05) is 23.3 Å². The summed E-state index contributed by atoms with van der Waals surface area (Å²) in [5.41, 5.74) is 3.82. The van der Waals surface area contributed by atoms with Gasteiger partial charge in [-0.25, -0.2) is 0 Å². The van der Waals surface area contributed by atoms with Crippen LogP contribution in [0.1, 0.15) is 16.7 Å². The molecule has 0 atom stereocenters. The number of benzene rings is 4. The van der Waals surface area contributed by atoms with E-state index in [0.29, 0.717) is 41.4 Å². The molecule has 0 aliphatic rings. The molecule has 5 aromatic rings. The van der Waals surface area contributed by atoms with Crippen molar-refractivity contribution in [3.8, 4) is 28.6 Å². The molecular weight excluding hydrogens is 452 g/mol. The smallest absolute Gasteiger partial charge is 0.197 e. The van der Waals surface area contributed by atoms with Crippen LogP contribution in [0.4, 0.5) is 0 Å². The molecular formula is C31H26O5. The van der Waals surface area contributed by atoms with E-state index in [9.17, 15) is 4.79 Å². The van der Waals surface area contributed by atoms with Gasteiger partial charge in [0.15, 0.2) is 5.43 Å². The summed E-state index contributed by atoms with van der Waals surface area (Å²) < 4.78 is 23.9. The average molecular weight is 479 g/mol. The quantitative estimate of drug-likeness (QED) is 0.242. The van der Waals surface area contributed by atoms with E-state index < -0.39 is 0 Å². The molecule has 0 fully saturated rings. The molecule has 4 aromatic carbocycles. The molecule has 1 heterocycles. The van der Waals surface area contributed by atoms with Crippen LogP contribution in [0.25, 0.3) is 22.3 Å². The number of ether oxygens (including phenoxy) is 3. The fraction of sp³-hybridized carbons (Fsp3) is 0.129. The van der Waals surface area contributed by atoms with Crippen LogP contribution in [0.3, 0.4) is 0 Å². The van der Waals surface area contributed by atoms with E-state index in [1.807, 2.05) is 91.9 Å². The van der Waals surface area contributed by atoms with E-state index in [1.54, 1.807) is 13.2 Å². The minimum atomic E-state index is -0.178. The second-order valence-corrected chi connectivity index (χ2v) is 8.45. The van der Waals surface area contributed by atoms with E-state index in [0.717, 1.165) is 28.0 Å². The number of fused-ring (bicyclic) bond motifs is 1. The first-order chi connectivity index (χ1) is 17.6. The van der Waals surface area contributed by atoms with Crippen LogP contribution in [0, 0.1) is 6.92 Å². The van der Waals surface area contributed by atoms with Crippen molar-refractivity contribution in [3.05, 3.63) is 124 Å². The van der Waals surface area contributed by atoms with Gasteiger partial charge >= 0.3 is 0 Å². The maximum atomic E-state index is 13.4. The lowest BCUT2D eigenvalue weighted by Crippen LogP contribution is -2.07. The van der Waals surface area contributed by atoms with Gasteiger partial charge in [0.2, 0.25) is 0 Å². The molecule has 0 spiro atoms. The minimum absolute atomic E-state index is 0.178. The predicted octanol–water partition coefficient (Wildman–Crippen LogP) is 6.94. The monoisotopic (exact) mass is 478 g/mol. The summed E-state index contributed by atoms with van der Waals surface area (Å²) in [6.45, 7) is 2.59. The highest BCUT2D eigenvalue weighted by atomic mass is 16.5. The zero-order valence-corrected chi connectivity index (χ0v) is 20.2. The van der Waals surface area contributed by atoms with Gasteiger partial charge in [-0.2, -0.15) is 0 Å².